The second kappa shape index (κ2) is 2.21. The van der Waals surface area contributed by atoms with Gasteiger partial charge in [-0.1, -0.05) is 6.92 Å². The summed E-state index contributed by atoms with van der Waals surface area (Å²) in [5.41, 5.74) is -1.85. The van der Waals surface area contributed by atoms with Crippen LogP contribution in [0.4, 0.5) is 8.78 Å². The van der Waals surface area contributed by atoms with Gasteiger partial charge in [-0.15, -0.1) is 0 Å². The zero-order valence-electron chi connectivity index (χ0n) is 5.91. The maximum Gasteiger partial charge on any atom is 0.273 e. The molecule has 0 aliphatic heterocycles. The van der Waals surface area contributed by atoms with Crippen LogP contribution in [0.2, 0.25) is 0 Å². The fraction of sp³-hybridized carbons (Fsp3) is 1.00. The predicted octanol–water partition coefficient (Wildman–Crippen LogP) is 1.80. The first-order chi connectivity index (χ1) is 3.81. The van der Waals surface area contributed by atoms with Gasteiger partial charge in [0.2, 0.25) is 0 Å². The summed E-state index contributed by atoms with van der Waals surface area (Å²) >= 11 is 0. The first kappa shape index (κ1) is 8.82. The lowest BCUT2D eigenvalue weighted by molar-refractivity contribution is -0.160. The highest BCUT2D eigenvalue weighted by Crippen LogP contribution is 2.29. The maximum absolute atomic E-state index is 12.3. The van der Waals surface area contributed by atoms with Gasteiger partial charge in [0.15, 0.2) is 0 Å². The molecule has 1 unspecified atom stereocenters. The Labute approximate surface area is 53.7 Å². The van der Waals surface area contributed by atoms with Crippen molar-refractivity contribution < 1.29 is 13.9 Å². The van der Waals surface area contributed by atoms with Crippen molar-refractivity contribution in [2.24, 2.45) is 0 Å². The number of aliphatic hydroxyl groups is 1. The average molecular weight is 138 g/mol. The smallest absolute Gasteiger partial charge is 0.273 e. The van der Waals surface area contributed by atoms with Gasteiger partial charge < -0.3 is 5.11 Å². The third-order valence-corrected chi connectivity index (χ3v) is 1.63. The number of halogens is 2. The SMILES string of the molecule is CCC(C)(O)C(C)(F)F. The zero-order chi connectivity index (χ0) is 7.71. The van der Waals surface area contributed by atoms with Crippen molar-refractivity contribution in [2.45, 2.75) is 38.7 Å². The Balaban J connectivity index is 4.14. The highest BCUT2D eigenvalue weighted by molar-refractivity contribution is 4.83. The summed E-state index contributed by atoms with van der Waals surface area (Å²) in [6.07, 6.45) is 0.0660. The monoisotopic (exact) mass is 138 g/mol. The van der Waals surface area contributed by atoms with E-state index in [0.29, 0.717) is 0 Å². The molecule has 0 rings (SSSR count). The van der Waals surface area contributed by atoms with Crippen LogP contribution in [0.15, 0.2) is 0 Å². The van der Waals surface area contributed by atoms with Gasteiger partial charge in [0, 0.05) is 6.92 Å². The molecule has 0 aliphatic carbocycles. The molecule has 0 bridgehead atoms. The van der Waals surface area contributed by atoms with Crippen molar-refractivity contribution >= 4 is 0 Å². The van der Waals surface area contributed by atoms with Crippen molar-refractivity contribution in [1.29, 1.82) is 0 Å². The lowest BCUT2D eigenvalue weighted by atomic mass is 9.97. The molecule has 0 fully saturated rings. The van der Waals surface area contributed by atoms with Crippen LogP contribution in [-0.2, 0) is 0 Å². The van der Waals surface area contributed by atoms with Gasteiger partial charge in [-0.05, 0) is 13.3 Å². The van der Waals surface area contributed by atoms with Crippen LogP contribution in [0.1, 0.15) is 27.2 Å². The van der Waals surface area contributed by atoms with Gasteiger partial charge in [0.25, 0.3) is 5.92 Å². The molecular weight excluding hydrogens is 126 g/mol. The molecule has 0 aliphatic rings. The summed E-state index contributed by atoms with van der Waals surface area (Å²) in [6.45, 7) is 3.38. The Morgan fingerprint density at radius 3 is 1.67 bits per heavy atom. The molecule has 0 heterocycles. The highest BCUT2D eigenvalue weighted by atomic mass is 19.3. The van der Waals surface area contributed by atoms with E-state index in [9.17, 15) is 8.78 Å². The summed E-state index contributed by atoms with van der Waals surface area (Å²) in [5.74, 6) is -3.00. The summed E-state index contributed by atoms with van der Waals surface area (Å²) < 4.78 is 24.5. The summed E-state index contributed by atoms with van der Waals surface area (Å²) in [5, 5.41) is 8.91. The molecule has 9 heavy (non-hydrogen) atoms. The number of hydrogen-bond acceptors (Lipinski definition) is 1. The van der Waals surface area contributed by atoms with Gasteiger partial charge in [-0.25, -0.2) is 8.78 Å². The Hall–Kier alpha value is -0.180. The van der Waals surface area contributed by atoms with Crippen molar-refractivity contribution in [3.63, 3.8) is 0 Å². The van der Waals surface area contributed by atoms with Crippen molar-refractivity contribution in [3.05, 3.63) is 0 Å². The van der Waals surface area contributed by atoms with E-state index in [0.717, 1.165) is 13.8 Å². The van der Waals surface area contributed by atoms with E-state index in [1.807, 2.05) is 0 Å². The first-order valence-corrected chi connectivity index (χ1v) is 2.91. The van der Waals surface area contributed by atoms with Crippen LogP contribution in [0.3, 0.4) is 0 Å². The summed E-state index contributed by atoms with van der Waals surface area (Å²) in [6, 6.07) is 0. The lowest BCUT2D eigenvalue weighted by Gasteiger charge is -2.28. The molecule has 1 atom stereocenters. The Bertz CT molecular complexity index is 93.7. The van der Waals surface area contributed by atoms with E-state index < -0.39 is 11.5 Å². The zero-order valence-corrected chi connectivity index (χ0v) is 5.91. The van der Waals surface area contributed by atoms with E-state index in [2.05, 4.69) is 0 Å². The molecule has 1 N–H and O–H groups in total. The van der Waals surface area contributed by atoms with Crippen LogP contribution < -0.4 is 0 Å². The molecule has 0 spiro atoms. The number of rotatable bonds is 2. The van der Waals surface area contributed by atoms with Gasteiger partial charge in [0.1, 0.15) is 5.60 Å². The minimum absolute atomic E-state index is 0.0660. The second-order valence-corrected chi connectivity index (χ2v) is 2.52. The summed E-state index contributed by atoms with van der Waals surface area (Å²) in [7, 11) is 0. The minimum Gasteiger partial charge on any atom is -0.384 e. The molecule has 0 amide bonds. The maximum atomic E-state index is 12.3. The van der Waals surface area contributed by atoms with E-state index in [1.54, 1.807) is 0 Å². The normalized spacial score (nSPS) is 19.3. The molecule has 0 aromatic rings. The second-order valence-electron chi connectivity index (χ2n) is 2.52. The first-order valence-electron chi connectivity index (χ1n) is 2.91. The molecule has 0 saturated heterocycles. The van der Waals surface area contributed by atoms with Crippen LogP contribution in [0, 0.1) is 0 Å². The molecule has 56 valence electrons. The Kier molecular flexibility index (Phi) is 2.17. The third-order valence-electron chi connectivity index (χ3n) is 1.63. The molecule has 0 aromatic heterocycles. The van der Waals surface area contributed by atoms with Gasteiger partial charge in [0.05, 0.1) is 0 Å². The van der Waals surface area contributed by atoms with E-state index in [-0.39, 0.29) is 6.42 Å². The van der Waals surface area contributed by atoms with E-state index >= 15 is 0 Å². The lowest BCUT2D eigenvalue weighted by Crippen LogP contribution is -2.42. The average Bonchev–Trinajstić information content (AvgIpc) is 1.64. The van der Waals surface area contributed by atoms with Crippen molar-refractivity contribution in [3.8, 4) is 0 Å². The largest absolute Gasteiger partial charge is 0.384 e. The minimum atomic E-state index is -3.00. The topological polar surface area (TPSA) is 20.2 Å². The fourth-order valence-corrected chi connectivity index (χ4v) is 0.310. The third kappa shape index (κ3) is 1.90. The molecule has 0 saturated carbocycles. The molecule has 1 nitrogen and oxygen atoms in total. The van der Waals surface area contributed by atoms with Gasteiger partial charge in [-0.3, -0.25) is 0 Å². The van der Waals surface area contributed by atoms with E-state index in [1.165, 1.54) is 6.92 Å². The Morgan fingerprint density at radius 2 is 1.67 bits per heavy atom. The van der Waals surface area contributed by atoms with Crippen molar-refractivity contribution in [2.75, 3.05) is 0 Å². The molecular formula is C6H12F2O. The van der Waals surface area contributed by atoms with Crippen LogP contribution in [-0.4, -0.2) is 16.6 Å². The van der Waals surface area contributed by atoms with E-state index in [4.69, 9.17) is 5.11 Å². The number of hydrogen-bond donors (Lipinski definition) is 1. The predicted molar refractivity (Wildman–Crippen MR) is 31.5 cm³/mol. The van der Waals surface area contributed by atoms with Gasteiger partial charge >= 0.3 is 0 Å². The van der Waals surface area contributed by atoms with Crippen molar-refractivity contribution in [1.82, 2.24) is 0 Å². The van der Waals surface area contributed by atoms with Crippen LogP contribution in [0.25, 0.3) is 0 Å². The fourth-order valence-electron chi connectivity index (χ4n) is 0.310. The standard InChI is InChI=1S/C6H12F2O/c1-4-5(2,9)6(3,7)8/h9H,4H2,1-3H3. The number of alkyl halides is 2. The van der Waals surface area contributed by atoms with Gasteiger partial charge in [-0.2, -0.15) is 0 Å². The van der Waals surface area contributed by atoms with Crippen LogP contribution >= 0.6 is 0 Å². The molecule has 0 radical (unpaired) electrons. The highest BCUT2D eigenvalue weighted by Gasteiger charge is 2.42. The van der Waals surface area contributed by atoms with Crippen LogP contribution in [0.5, 0.6) is 0 Å². The quantitative estimate of drug-likeness (QED) is 0.616. The molecule has 0 aromatic carbocycles. The molecule has 3 heteroatoms. The summed E-state index contributed by atoms with van der Waals surface area (Å²) in [4.78, 5) is 0. The Morgan fingerprint density at radius 1 is 1.33 bits per heavy atom.